The molecule has 64 valence electrons. The van der Waals surface area contributed by atoms with Crippen molar-refractivity contribution in [3.05, 3.63) is 11.4 Å². The van der Waals surface area contributed by atoms with E-state index in [9.17, 15) is 9.18 Å². The van der Waals surface area contributed by atoms with Crippen LogP contribution in [0.25, 0.3) is 0 Å². The number of amides is 1. The zero-order chi connectivity index (χ0) is 8.85. The summed E-state index contributed by atoms with van der Waals surface area (Å²) >= 11 is 2.91. The Morgan fingerprint density at radius 3 is 2.64 bits per heavy atom. The quantitative estimate of drug-likeness (QED) is 0.722. The molecule has 0 aromatic carbocycles. The second-order valence-corrected chi connectivity index (χ2v) is 2.54. The van der Waals surface area contributed by atoms with Crippen molar-refractivity contribution in [1.29, 1.82) is 0 Å². The van der Waals surface area contributed by atoms with E-state index in [-0.39, 0.29) is 17.7 Å². The number of carboxylic acid groups (broad SMARTS) is 1. The van der Waals surface area contributed by atoms with E-state index in [1.165, 1.54) is 6.92 Å². The summed E-state index contributed by atoms with van der Waals surface area (Å²) in [7, 11) is 0. The Morgan fingerprint density at radius 1 is 1.73 bits per heavy atom. The van der Waals surface area contributed by atoms with Crippen LogP contribution in [0.15, 0.2) is 11.4 Å². The SMILES string of the molecule is C/C(CNC(=O)O)=C(/F)CBr. The van der Waals surface area contributed by atoms with Crippen LogP contribution in [0.4, 0.5) is 9.18 Å². The minimum Gasteiger partial charge on any atom is -0.465 e. The van der Waals surface area contributed by atoms with Gasteiger partial charge in [0.25, 0.3) is 0 Å². The zero-order valence-electron chi connectivity index (χ0n) is 6.03. The lowest BCUT2D eigenvalue weighted by molar-refractivity contribution is 0.195. The van der Waals surface area contributed by atoms with Crippen molar-refractivity contribution in [1.82, 2.24) is 5.32 Å². The van der Waals surface area contributed by atoms with E-state index in [1.54, 1.807) is 0 Å². The van der Waals surface area contributed by atoms with Gasteiger partial charge >= 0.3 is 6.09 Å². The summed E-state index contributed by atoms with van der Waals surface area (Å²) in [4.78, 5) is 9.95. The van der Waals surface area contributed by atoms with Gasteiger partial charge in [-0.3, -0.25) is 0 Å². The first-order valence-electron chi connectivity index (χ1n) is 2.94. The minimum absolute atomic E-state index is 0.0345. The van der Waals surface area contributed by atoms with Gasteiger partial charge in [0.05, 0.1) is 5.33 Å². The molecular weight excluding hydrogens is 217 g/mol. The number of hydrogen-bond donors (Lipinski definition) is 2. The van der Waals surface area contributed by atoms with Crippen LogP contribution >= 0.6 is 15.9 Å². The van der Waals surface area contributed by atoms with Crippen molar-refractivity contribution < 1.29 is 14.3 Å². The van der Waals surface area contributed by atoms with Gasteiger partial charge in [0.15, 0.2) is 0 Å². The van der Waals surface area contributed by atoms with Crippen molar-refractivity contribution in [3.63, 3.8) is 0 Å². The summed E-state index contributed by atoms with van der Waals surface area (Å²) in [6.45, 7) is 1.57. The van der Waals surface area contributed by atoms with Gasteiger partial charge in [-0.25, -0.2) is 9.18 Å². The normalized spacial score (nSPS) is 12.3. The molecule has 0 aromatic heterocycles. The van der Waals surface area contributed by atoms with Gasteiger partial charge < -0.3 is 10.4 Å². The van der Waals surface area contributed by atoms with E-state index < -0.39 is 6.09 Å². The van der Waals surface area contributed by atoms with Crippen molar-refractivity contribution in [3.8, 4) is 0 Å². The average molecular weight is 226 g/mol. The van der Waals surface area contributed by atoms with Crippen LogP contribution in [0.3, 0.4) is 0 Å². The second kappa shape index (κ2) is 5.12. The van der Waals surface area contributed by atoms with Crippen molar-refractivity contribution in [2.45, 2.75) is 6.92 Å². The van der Waals surface area contributed by atoms with Gasteiger partial charge in [-0.1, -0.05) is 15.9 Å². The summed E-state index contributed by atoms with van der Waals surface area (Å²) in [6, 6.07) is 0. The molecule has 0 aliphatic heterocycles. The Balaban J connectivity index is 3.85. The first kappa shape index (κ1) is 10.4. The Bertz CT molecular complexity index is 181. The number of rotatable bonds is 3. The Labute approximate surface area is 72.4 Å². The standard InChI is InChI=1S/C6H9BrFNO2/c1-4(5(8)2-7)3-9-6(10)11/h9H,2-3H2,1H3,(H,10,11)/b5-4-. The maximum absolute atomic E-state index is 12.6. The van der Waals surface area contributed by atoms with E-state index in [0.29, 0.717) is 5.57 Å². The van der Waals surface area contributed by atoms with E-state index in [2.05, 4.69) is 21.2 Å². The van der Waals surface area contributed by atoms with Gasteiger partial charge in [-0.15, -0.1) is 0 Å². The first-order chi connectivity index (χ1) is 5.07. The van der Waals surface area contributed by atoms with Gasteiger partial charge in [-0.05, 0) is 12.5 Å². The highest BCUT2D eigenvalue weighted by Gasteiger charge is 2.00. The molecule has 0 rings (SSSR count). The Kier molecular flexibility index (Phi) is 4.85. The topological polar surface area (TPSA) is 49.3 Å². The van der Waals surface area contributed by atoms with Gasteiger partial charge in [0, 0.05) is 6.54 Å². The summed E-state index contributed by atoms with van der Waals surface area (Å²) < 4.78 is 12.6. The Hall–Kier alpha value is -0.580. The lowest BCUT2D eigenvalue weighted by Gasteiger charge is -2.01. The molecule has 1 amide bonds. The molecular formula is C6H9BrFNO2. The number of hydrogen-bond acceptors (Lipinski definition) is 1. The predicted octanol–water partition coefficient (Wildman–Crippen LogP) is 1.89. The van der Waals surface area contributed by atoms with Crippen LogP contribution in [0.1, 0.15) is 6.92 Å². The molecule has 0 saturated heterocycles. The van der Waals surface area contributed by atoms with E-state index in [4.69, 9.17) is 5.11 Å². The monoisotopic (exact) mass is 225 g/mol. The lowest BCUT2D eigenvalue weighted by atomic mass is 10.3. The molecule has 0 heterocycles. The molecule has 0 saturated carbocycles. The number of nitrogens with one attached hydrogen (secondary N) is 1. The van der Waals surface area contributed by atoms with E-state index in [1.807, 2.05) is 0 Å². The number of allylic oxidation sites excluding steroid dienone is 1. The molecule has 0 bridgehead atoms. The summed E-state index contributed by atoms with van der Waals surface area (Å²) in [5.74, 6) is -0.334. The van der Waals surface area contributed by atoms with Crippen molar-refractivity contribution in [2.24, 2.45) is 0 Å². The summed E-state index contributed by atoms with van der Waals surface area (Å²) in [6.07, 6.45) is -1.15. The number of halogens is 2. The smallest absolute Gasteiger partial charge is 0.404 e. The van der Waals surface area contributed by atoms with Gasteiger partial charge in [-0.2, -0.15) is 0 Å². The second-order valence-electron chi connectivity index (χ2n) is 1.98. The predicted molar refractivity (Wildman–Crippen MR) is 43.6 cm³/mol. The molecule has 0 spiro atoms. The summed E-state index contributed by atoms with van der Waals surface area (Å²) in [5, 5.41) is 10.3. The largest absolute Gasteiger partial charge is 0.465 e. The van der Waals surface area contributed by atoms with Gasteiger partial charge in [0.2, 0.25) is 0 Å². The Morgan fingerprint density at radius 2 is 2.27 bits per heavy atom. The van der Waals surface area contributed by atoms with Crippen LogP contribution in [0.5, 0.6) is 0 Å². The van der Waals surface area contributed by atoms with Crippen LogP contribution in [0, 0.1) is 0 Å². The molecule has 5 heteroatoms. The molecule has 0 aliphatic carbocycles. The van der Waals surface area contributed by atoms with Crippen LogP contribution in [0.2, 0.25) is 0 Å². The third-order valence-electron chi connectivity index (χ3n) is 1.09. The molecule has 0 fully saturated rings. The lowest BCUT2D eigenvalue weighted by Crippen LogP contribution is -2.23. The fraction of sp³-hybridized carbons (Fsp3) is 0.500. The molecule has 0 aromatic rings. The molecule has 0 radical (unpaired) electrons. The van der Waals surface area contributed by atoms with Crippen LogP contribution in [-0.4, -0.2) is 23.1 Å². The molecule has 0 aliphatic rings. The van der Waals surface area contributed by atoms with Crippen LogP contribution < -0.4 is 5.32 Å². The summed E-state index contributed by atoms with van der Waals surface area (Å²) in [5.41, 5.74) is 0.393. The van der Waals surface area contributed by atoms with Crippen LogP contribution in [-0.2, 0) is 0 Å². The minimum atomic E-state index is -1.15. The highest BCUT2D eigenvalue weighted by atomic mass is 79.9. The van der Waals surface area contributed by atoms with Crippen molar-refractivity contribution >= 4 is 22.0 Å². The fourth-order valence-corrected chi connectivity index (χ4v) is 0.897. The van der Waals surface area contributed by atoms with Gasteiger partial charge in [0.1, 0.15) is 5.83 Å². The molecule has 3 nitrogen and oxygen atoms in total. The number of carbonyl (C=O) groups is 1. The average Bonchev–Trinajstić information content (AvgIpc) is 1.98. The van der Waals surface area contributed by atoms with Crippen molar-refractivity contribution in [2.75, 3.05) is 11.9 Å². The van der Waals surface area contributed by atoms with E-state index in [0.717, 1.165) is 0 Å². The first-order valence-corrected chi connectivity index (χ1v) is 4.07. The molecule has 0 unspecified atom stereocenters. The maximum Gasteiger partial charge on any atom is 0.404 e. The fourth-order valence-electron chi connectivity index (χ4n) is 0.418. The molecule has 11 heavy (non-hydrogen) atoms. The number of alkyl halides is 1. The third kappa shape index (κ3) is 4.78. The van der Waals surface area contributed by atoms with E-state index >= 15 is 0 Å². The molecule has 0 atom stereocenters. The maximum atomic E-state index is 12.6. The third-order valence-corrected chi connectivity index (χ3v) is 1.58. The highest BCUT2D eigenvalue weighted by Crippen LogP contribution is 2.07. The zero-order valence-corrected chi connectivity index (χ0v) is 7.61. The highest BCUT2D eigenvalue weighted by molar-refractivity contribution is 9.09. The molecule has 2 N–H and O–H groups in total.